The Morgan fingerprint density at radius 3 is 2.50 bits per heavy atom. The summed E-state index contributed by atoms with van der Waals surface area (Å²) in [5.74, 6) is 0.520. The molecule has 1 saturated carbocycles. The van der Waals surface area contributed by atoms with Crippen LogP contribution < -0.4 is 10.2 Å². The first-order valence-electron chi connectivity index (χ1n) is 8.52. The molecule has 22 heavy (non-hydrogen) atoms. The van der Waals surface area contributed by atoms with Gasteiger partial charge in [-0.05, 0) is 37.0 Å². The average Bonchev–Trinajstić information content (AvgIpc) is 3.11. The molecule has 2 aliphatic rings. The van der Waals surface area contributed by atoms with Crippen molar-refractivity contribution < 1.29 is 9.53 Å². The zero-order chi connectivity index (χ0) is 15.2. The van der Waals surface area contributed by atoms with Gasteiger partial charge in [0.25, 0.3) is 0 Å². The predicted molar refractivity (Wildman–Crippen MR) is 88.1 cm³/mol. The Morgan fingerprint density at radius 2 is 1.82 bits per heavy atom. The normalized spacial score (nSPS) is 19.4. The number of benzene rings is 1. The Labute approximate surface area is 132 Å². The van der Waals surface area contributed by atoms with Crippen molar-refractivity contribution >= 4 is 11.6 Å². The van der Waals surface area contributed by atoms with E-state index in [1.165, 1.54) is 24.1 Å². The van der Waals surface area contributed by atoms with Gasteiger partial charge in [-0.1, -0.05) is 25.0 Å². The third-order valence-corrected chi connectivity index (χ3v) is 4.75. The molecule has 3 rings (SSSR count). The molecule has 0 bridgehead atoms. The van der Waals surface area contributed by atoms with Gasteiger partial charge in [-0.3, -0.25) is 4.79 Å². The maximum absolute atomic E-state index is 12.0. The number of hydrogen-bond acceptors (Lipinski definition) is 3. The summed E-state index contributed by atoms with van der Waals surface area (Å²) in [6.45, 7) is 4.31. The Bertz CT molecular complexity index is 474. The van der Waals surface area contributed by atoms with E-state index >= 15 is 0 Å². The number of rotatable bonds is 5. The fourth-order valence-electron chi connectivity index (χ4n) is 3.36. The first kappa shape index (κ1) is 15.3. The first-order valence-corrected chi connectivity index (χ1v) is 8.52. The molecule has 0 radical (unpaired) electrons. The molecule has 1 N–H and O–H groups in total. The maximum Gasteiger partial charge on any atom is 0.223 e. The standard InChI is InChI=1S/C18H26N2O2/c21-18(16-3-1-2-4-16)19-10-9-15-5-7-17(8-6-15)20-11-13-22-14-12-20/h5-8,16H,1-4,9-14H2,(H,19,21). The lowest BCUT2D eigenvalue weighted by Crippen LogP contribution is -2.36. The first-order chi connectivity index (χ1) is 10.8. The molecular formula is C18H26N2O2. The van der Waals surface area contributed by atoms with E-state index < -0.39 is 0 Å². The van der Waals surface area contributed by atoms with Gasteiger partial charge in [-0.2, -0.15) is 0 Å². The number of carbonyl (C=O) groups excluding carboxylic acids is 1. The minimum atomic E-state index is 0.252. The van der Waals surface area contributed by atoms with Gasteiger partial charge in [0.2, 0.25) is 5.91 Å². The summed E-state index contributed by atoms with van der Waals surface area (Å²) in [6.07, 6.45) is 5.46. The molecule has 1 aliphatic heterocycles. The Morgan fingerprint density at radius 1 is 1.14 bits per heavy atom. The van der Waals surface area contributed by atoms with Gasteiger partial charge >= 0.3 is 0 Å². The van der Waals surface area contributed by atoms with Crippen molar-refractivity contribution in [3.63, 3.8) is 0 Å². The summed E-state index contributed by atoms with van der Waals surface area (Å²) < 4.78 is 5.38. The van der Waals surface area contributed by atoms with Gasteiger partial charge in [-0.25, -0.2) is 0 Å². The predicted octanol–water partition coefficient (Wildman–Crippen LogP) is 2.37. The van der Waals surface area contributed by atoms with Crippen LogP contribution in [0, 0.1) is 5.92 Å². The van der Waals surface area contributed by atoms with E-state index in [9.17, 15) is 4.79 Å². The molecule has 1 saturated heterocycles. The van der Waals surface area contributed by atoms with E-state index in [1.54, 1.807) is 0 Å². The Balaban J connectivity index is 1.43. The highest BCUT2D eigenvalue weighted by Crippen LogP contribution is 2.24. The monoisotopic (exact) mass is 302 g/mol. The van der Waals surface area contributed by atoms with E-state index in [0.717, 1.165) is 52.1 Å². The summed E-state index contributed by atoms with van der Waals surface area (Å²) in [5.41, 5.74) is 2.55. The third-order valence-electron chi connectivity index (χ3n) is 4.75. The lowest BCUT2D eigenvalue weighted by Gasteiger charge is -2.28. The highest BCUT2D eigenvalue weighted by atomic mass is 16.5. The second-order valence-corrected chi connectivity index (χ2v) is 6.29. The van der Waals surface area contributed by atoms with Gasteiger partial charge in [0, 0.05) is 31.2 Å². The lowest BCUT2D eigenvalue weighted by molar-refractivity contribution is -0.124. The topological polar surface area (TPSA) is 41.6 Å². The molecule has 0 spiro atoms. The highest BCUT2D eigenvalue weighted by Gasteiger charge is 2.21. The number of carbonyl (C=O) groups is 1. The number of anilines is 1. The minimum absolute atomic E-state index is 0.252. The highest BCUT2D eigenvalue weighted by molar-refractivity contribution is 5.78. The van der Waals surface area contributed by atoms with Gasteiger partial charge < -0.3 is 15.0 Å². The van der Waals surface area contributed by atoms with E-state index in [2.05, 4.69) is 34.5 Å². The number of nitrogens with one attached hydrogen (secondary N) is 1. The van der Waals surface area contributed by atoms with Crippen molar-refractivity contribution in [3.8, 4) is 0 Å². The molecular weight excluding hydrogens is 276 g/mol. The molecule has 1 aromatic carbocycles. The number of nitrogens with zero attached hydrogens (tertiary/aromatic N) is 1. The van der Waals surface area contributed by atoms with Crippen LogP contribution in [0.2, 0.25) is 0 Å². The SMILES string of the molecule is O=C(NCCc1ccc(N2CCOCC2)cc1)C1CCCC1. The molecule has 1 heterocycles. The van der Waals surface area contributed by atoms with Crippen molar-refractivity contribution in [2.75, 3.05) is 37.7 Å². The van der Waals surface area contributed by atoms with Crippen molar-refractivity contribution in [2.24, 2.45) is 5.92 Å². The summed E-state index contributed by atoms with van der Waals surface area (Å²) in [7, 11) is 0. The van der Waals surface area contributed by atoms with Crippen LogP contribution in [0.4, 0.5) is 5.69 Å². The van der Waals surface area contributed by atoms with Crippen LogP contribution in [0.3, 0.4) is 0 Å². The number of hydrogen-bond donors (Lipinski definition) is 1. The Kier molecular flexibility index (Phi) is 5.33. The molecule has 1 amide bonds. The van der Waals surface area contributed by atoms with Gasteiger partial charge in [0.1, 0.15) is 0 Å². The van der Waals surface area contributed by atoms with Crippen molar-refractivity contribution in [3.05, 3.63) is 29.8 Å². The van der Waals surface area contributed by atoms with E-state index in [0.29, 0.717) is 0 Å². The van der Waals surface area contributed by atoms with Crippen LogP contribution in [-0.4, -0.2) is 38.8 Å². The maximum atomic E-state index is 12.0. The number of amides is 1. The van der Waals surface area contributed by atoms with Gasteiger partial charge in [0.05, 0.1) is 13.2 Å². The molecule has 2 fully saturated rings. The van der Waals surface area contributed by atoms with E-state index in [4.69, 9.17) is 4.74 Å². The second kappa shape index (κ2) is 7.63. The van der Waals surface area contributed by atoms with Crippen LogP contribution >= 0.6 is 0 Å². The fraction of sp³-hybridized carbons (Fsp3) is 0.611. The average molecular weight is 302 g/mol. The van der Waals surface area contributed by atoms with E-state index in [-0.39, 0.29) is 11.8 Å². The zero-order valence-corrected chi connectivity index (χ0v) is 13.2. The molecule has 0 unspecified atom stereocenters. The number of morpholine rings is 1. The second-order valence-electron chi connectivity index (χ2n) is 6.29. The molecule has 4 nitrogen and oxygen atoms in total. The lowest BCUT2D eigenvalue weighted by atomic mass is 10.1. The summed E-state index contributed by atoms with van der Waals surface area (Å²) in [4.78, 5) is 14.3. The minimum Gasteiger partial charge on any atom is -0.378 e. The quantitative estimate of drug-likeness (QED) is 0.908. The van der Waals surface area contributed by atoms with Crippen LogP contribution in [0.5, 0.6) is 0 Å². The Hall–Kier alpha value is -1.55. The van der Waals surface area contributed by atoms with Crippen LogP contribution in [0.15, 0.2) is 24.3 Å². The van der Waals surface area contributed by atoms with Crippen molar-refractivity contribution in [2.45, 2.75) is 32.1 Å². The van der Waals surface area contributed by atoms with Crippen molar-refractivity contribution in [1.82, 2.24) is 5.32 Å². The van der Waals surface area contributed by atoms with Crippen molar-refractivity contribution in [1.29, 1.82) is 0 Å². The van der Waals surface area contributed by atoms with Crippen LogP contribution in [0.1, 0.15) is 31.2 Å². The molecule has 4 heteroatoms. The molecule has 1 aliphatic carbocycles. The van der Waals surface area contributed by atoms with Crippen LogP contribution in [-0.2, 0) is 16.0 Å². The molecule has 1 aromatic rings. The summed E-state index contributed by atoms with van der Waals surface area (Å²) in [6, 6.07) is 8.71. The molecule has 0 atom stereocenters. The molecule has 0 aromatic heterocycles. The largest absolute Gasteiger partial charge is 0.378 e. The summed E-state index contributed by atoms with van der Waals surface area (Å²) >= 11 is 0. The fourth-order valence-corrected chi connectivity index (χ4v) is 3.36. The summed E-state index contributed by atoms with van der Waals surface area (Å²) in [5, 5.41) is 3.09. The molecule has 120 valence electrons. The van der Waals surface area contributed by atoms with Gasteiger partial charge in [0.15, 0.2) is 0 Å². The zero-order valence-electron chi connectivity index (χ0n) is 13.2. The van der Waals surface area contributed by atoms with Gasteiger partial charge in [-0.15, -0.1) is 0 Å². The third kappa shape index (κ3) is 4.01. The smallest absolute Gasteiger partial charge is 0.223 e. The van der Waals surface area contributed by atoms with E-state index in [1.807, 2.05) is 0 Å². The van der Waals surface area contributed by atoms with Crippen LogP contribution in [0.25, 0.3) is 0 Å². The number of ether oxygens (including phenoxy) is 1.